The van der Waals surface area contributed by atoms with Crippen LogP contribution in [0.2, 0.25) is 10.0 Å². The average molecular weight is 391 g/mol. The summed E-state index contributed by atoms with van der Waals surface area (Å²) >= 11 is 11.9. The number of halogens is 2. The number of benzene rings is 1. The van der Waals surface area contributed by atoms with E-state index in [-0.39, 0.29) is 16.4 Å². The minimum absolute atomic E-state index is 0.0352. The maximum atomic E-state index is 12.7. The van der Waals surface area contributed by atoms with Gasteiger partial charge in [0.1, 0.15) is 5.76 Å². The second-order valence-electron chi connectivity index (χ2n) is 5.90. The number of amides is 1. The summed E-state index contributed by atoms with van der Waals surface area (Å²) in [6.07, 6.45) is 3.85. The fourth-order valence-corrected chi connectivity index (χ4v) is 3.34. The molecule has 5 nitrogen and oxygen atoms in total. The van der Waals surface area contributed by atoms with E-state index in [1.165, 1.54) is 17.0 Å². The summed E-state index contributed by atoms with van der Waals surface area (Å²) in [4.78, 5) is 30.6. The zero-order valence-corrected chi connectivity index (χ0v) is 15.5. The van der Waals surface area contributed by atoms with Gasteiger partial charge in [-0.3, -0.25) is 14.6 Å². The molecular formula is C19H16Cl2N2O3. The zero-order chi connectivity index (χ0) is 18.8. The minimum Gasteiger partial charge on any atom is -0.507 e. The Kier molecular flexibility index (Phi) is 5.30. The summed E-state index contributed by atoms with van der Waals surface area (Å²) in [6.45, 7) is 2.32. The molecule has 1 N–H and O–H groups in total. The van der Waals surface area contributed by atoms with E-state index in [1.807, 2.05) is 6.92 Å². The highest BCUT2D eigenvalue weighted by Gasteiger charge is 2.45. The maximum absolute atomic E-state index is 12.7. The molecular weight excluding hydrogens is 375 g/mol. The molecule has 1 aromatic heterocycles. The molecule has 1 unspecified atom stereocenters. The van der Waals surface area contributed by atoms with Crippen LogP contribution in [0.4, 0.5) is 0 Å². The first-order valence-electron chi connectivity index (χ1n) is 8.09. The van der Waals surface area contributed by atoms with E-state index in [4.69, 9.17) is 23.2 Å². The van der Waals surface area contributed by atoms with Crippen molar-refractivity contribution in [3.8, 4) is 0 Å². The Morgan fingerprint density at radius 2 is 1.85 bits per heavy atom. The molecule has 3 rings (SSSR count). The molecule has 0 spiro atoms. The molecule has 1 aliphatic rings. The Labute approximate surface area is 160 Å². The lowest BCUT2D eigenvalue weighted by Crippen LogP contribution is -2.30. The third kappa shape index (κ3) is 3.20. The monoisotopic (exact) mass is 390 g/mol. The number of aliphatic hydroxyl groups excluding tert-OH is 1. The number of nitrogens with zero attached hydrogens (tertiary/aromatic N) is 2. The van der Waals surface area contributed by atoms with Gasteiger partial charge in [-0.25, -0.2) is 0 Å². The van der Waals surface area contributed by atoms with Gasteiger partial charge in [-0.1, -0.05) is 30.1 Å². The summed E-state index contributed by atoms with van der Waals surface area (Å²) in [5.74, 6) is -1.62. The molecule has 0 saturated carbocycles. The van der Waals surface area contributed by atoms with Crippen LogP contribution in [-0.2, 0) is 9.59 Å². The van der Waals surface area contributed by atoms with Crippen LogP contribution in [0.25, 0.3) is 5.76 Å². The van der Waals surface area contributed by atoms with Crippen LogP contribution >= 0.6 is 23.2 Å². The molecule has 1 atom stereocenters. The van der Waals surface area contributed by atoms with Crippen molar-refractivity contribution in [2.45, 2.75) is 19.4 Å². The van der Waals surface area contributed by atoms with E-state index in [1.54, 1.807) is 30.6 Å². The van der Waals surface area contributed by atoms with Crippen molar-refractivity contribution in [2.24, 2.45) is 0 Å². The molecule has 0 aliphatic carbocycles. The number of hydrogen-bond acceptors (Lipinski definition) is 4. The highest BCUT2D eigenvalue weighted by Crippen LogP contribution is 2.39. The van der Waals surface area contributed by atoms with Crippen molar-refractivity contribution >= 4 is 40.7 Å². The largest absolute Gasteiger partial charge is 0.507 e. The molecule has 1 amide bonds. The zero-order valence-electron chi connectivity index (χ0n) is 13.9. The predicted molar refractivity (Wildman–Crippen MR) is 100.0 cm³/mol. The van der Waals surface area contributed by atoms with Gasteiger partial charge in [-0.15, -0.1) is 0 Å². The Balaban J connectivity index is 2.19. The van der Waals surface area contributed by atoms with Crippen LogP contribution in [0.3, 0.4) is 0 Å². The Morgan fingerprint density at radius 3 is 2.46 bits per heavy atom. The van der Waals surface area contributed by atoms with Gasteiger partial charge < -0.3 is 10.0 Å². The molecule has 1 aliphatic heterocycles. The predicted octanol–water partition coefficient (Wildman–Crippen LogP) is 4.22. The fraction of sp³-hybridized carbons (Fsp3) is 0.211. The van der Waals surface area contributed by atoms with Gasteiger partial charge in [0.2, 0.25) is 0 Å². The fourth-order valence-electron chi connectivity index (χ4n) is 3.04. The number of aliphatic hydroxyl groups is 1. The van der Waals surface area contributed by atoms with Crippen molar-refractivity contribution in [1.29, 1.82) is 0 Å². The van der Waals surface area contributed by atoms with E-state index in [0.717, 1.165) is 0 Å². The molecule has 2 heterocycles. The number of ketones is 1. The lowest BCUT2D eigenvalue weighted by Gasteiger charge is -2.24. The SMILES string of the molecule is CCCN1C(=O)C(=O)/C(=C(\O)c2ccc(Cl)c(Cl)c2)C1c1ccncc1. The highest BCUT2D eigenvalue weighted by molar-refractivity contribution is 6.46. The third-order valence-corrected chi connectivity index (χ3v) is 4.96. The number of pyridine rings is 1. The number of Topliss-reactive ketones (excluding diaryl/α,β-unsaturated/α-hetero) is 1. The van der Waals surface area contributed by atoms with Crippen molar-refractivity contribution in [3.05, 3.63) is 69.5 Å². The van der Waals surface area contributed by atoms with Gasteiger partial charge in [-0.2, -0.15) is 0 Å². The molecule has 1 aromatic carbocycles. The van der Waals surface area contributed by atoms with Crippen LogP contribution in [0, 0.1) is 0 Å². The minimum atomic E-state index is -0.719. The molecule has 0 radical (unpaired) electrons. The lowest BCUT2D eigenvalue weighted by molar-refractivity contribution is -0.139. The first kappa shape index (κ1) is 18.4. The number of carbonyl (C=O) groups excluding carboxylic acids is 2. The summed E-state index contributed by atoms with van der Waals surface area (Å²) in [6, 6.07) is 7.33. The highest BCUT2D eigenvalue weighted by atomic mass is 35.5. The van der Waals surface area contributed by atoms with E-state index in [0.29, 0.717) is 29.1 Å². The first-order chi connectivity index (χ1) is 12.5. The van der Waals surface area contributed by atoms with Gasteiger partial charge in [0, 0.05) is 24.5 Å². The molecule has 26 heavy (non-hydrogen) atoms. The number of carbonyl (C=O) groups is 2. The van der Waals surface area contributed by atoms with Crippen LogP contribution in [0.1, 0.15) is 30.5 Å². The lowest BCUT2D eigenvalue weighted by atomic mass is 9.96. The Bertz CT molecular complexity index is 897. The van der Waals surface area contributed by atoms with Crippen LogP contribution < -0.4 is 0 Å². The summed E-state index contributed by atoms with van der Waals surface area (Å²) in [5, 5.41) is 11.4. The van der Waals surface area contributed by atoms with E-state index in [2.05, 4.69) is 4.98 Å². The van der Waals surface area contributed by atoms with Gasteiger partial charge in [0.25, 0.3) is 11.7 Å². The molecule has 2 aromatic rings. The van der Waals surface area contributed by atoms with Gasteiger partial charge >= 0.3 is 0 Å². The second kappa shape index (κ2) is 7.48. The molecule has 134 valence electrons. The van der Waals surface area contributed by atoms with Gasteiger partial charge in [-0.05, 0) is 42.3 Å². The van der Waals surface area contributed by atoms with Crippen LogP contribution in [0.15, 0.2) is 48.3 Å². The topological polar surface area (TPSA) is 70.5 Å². The van der Waals surface area contributed by atoms with Crippen molar-refractivity contribution < 1.29 is 14.7 Å². The number of aromatic nitrogens is 1. The number of likely N-dealkylation sites (tertiary alicyclic amines) is 1. The summed E-state index contributed by atoms with van der Waals surface area (Å²) in [5.41, 5.74) is 1.07. The van der Waals surface area contributed by atoms with Crippen molar-refractivity contribution in [1.82, 2.24) is 9.88 Å². The maximum Gasteiger partial charge on any atom is 0.295 e. The Hall–Kier alpha value is -2.37. The van der Waals surface area contributed by atoms with Crippen molar-refractivity contribution in [3.63, 3.8) is 0 Å². The average Bonchev–Trinajstić information content (AvgIpc) is 2.89. The quantitative estimate of drug-likeness (QED) is 0.481. The molecule has 1 saturated heterocycles. The normalized spacial score (nSPS) is 19.2. The summed E-state index contributed by atoms with van der Waals surface area (Å²) in [7, 11) is 0. The van der Waals surface area contributed by atoms with Crippen LogP contribution in [-0.4, -0.2) is 33.2 Å². The van der Waals surface area contributed by atoms with Crippen molar-refractivity contribution in [2.75, 3.05) is 6.54 Å². The molecule has 7 heteroatoms. The molecule has 0 bridgehead atoms. The van der Waals surface area contributed by atoms with Gasteiger partial charge in [0.05, 0.1) is 21.7 Å². The smallest absolute Gasteiger partial charge is 0.295 e. The third-order valence-electron chi connectivity index (χ3n) is 4.22. The van der Waals surface area contributed by atoms with E-state index < -0.39 is 17.7 Å². The number of hydrogen-bond donors (Lipinski definition) is 1. The standard InChI is InChI=1S/C19H16Cl2N2O3/c1-2-9-23-16(11-5-7-22-8-6-11)15(18(25)19(23)26)17(24)12-3-4-13(20)14(21)10-12/h3-8,10,16,24H,2,9H2,1H3/b17-15-. The van der Waals surface area contributed by atoms with Crippen LogP contribution in [0.5, 0.6) is 0 Å². The Morgan fingerprint density at radius 1 is 1.15 bits per heavy atom. The van der Waals surface area contributed by atoms with E-state index in [9.17, 15) is 14.7 Å². The summed E-state index contributed by atoms with van der Waals surface area (Å²) < 4.78 is 0. The van der Waals surface area contributed by atoms with Gasteiger partial charge in [0.15, 0.2) is 0 Å². The first-order valence-corrected chi connectivity index (χ1v) is 8.85. The number of rotatable bonds is 4. The van der Waals surface area contributed by atoms with E-state index >= 15 is 0 Å². The second-order valence-corrected chi connectivity index (χ2v) is 6.72. The molecule has 1 fully saturated rings.